The molecular formula is C13H20N2O3S. The van der Waals surface area contributed by atoms with Crippen molar-refractivity contribution in [2.24, 2.45) is 0 Å². The third-order valence-electron chi connectivity index (χ3n) is 2.68. The molecule has 1 aromatic heterocycles. The highest BCUT2D eigenvalue weighted by Gasteiger charge is 2.07. The van der Waals surface area contributed by atoms with Crippen LogP contribution in [0, 0.1) is 0 Å². The number of hydrogen-bond donors (Lipinski definition) is 3. The highest BCUT2D eigenvalue weighted by atomic mass is 32.1. The van der Waals surface area contributed by atoms with E-state index < -0.39 is 5.97 Å². The number of carbonyl (C=O) groups excluding carboxylic acids is 1. The van der Waals surface area contributed by atoms with E-state index >= 15 is 0 Å². The van der Waals surface area contributed by atoms with E-state index in [9.17, 15) is 9.59 Å². The van der Waals surface area contributed by atoms with Crippen molar-refractivity contribution >= 4 is 23.3 Å². The van der Waals surface area contributed by atoms with Gasteiger partial charge in [0, 0.05) is 19.0 Å². The van der Waals surface area contributed by atoms with Gasteiger partial charge in [-0.3, -0.25) is 4.79 Å². The SMILES string of the molecule is CC(CCCC(=O)O)NC(=O)NCCc1ccsc1. The van der Waals surface area contributed by atoms with Crippen LogP contribution < -0.4 is 10.6 Å². The zero-order valence-electron chi connectivity index (χ0n) is 11.0. The maximum atomic E-state index is 11.5. The molecule has 0 saturated heterocycles. The van der Waals surface area contributed by atoms with Crippen LogP contribution in [0.25, 0.3) is 0 Å². The number of carboxylic acid groups (broad SMARTS) is 1. The molecule has 0 spiro atoms. The number of hydrogen-bond acceptors (Lipinski definition) is 3. The van der Waals surface area contributed by atoms with E-state index in [1.807, 2.05) is 18.4 Å². The third kappa shape index (κ3) is 7.46. The second kappa shape index (κ2) is 8.53. The van der Waals surface area contributed by atoms with Gasteiger partial charge in [-0.05, 0) is 48.6 Å². The van der Waals surface area contributed by atoms with Gasteiger partial charge in [-0.25, -0.2) is 4.79 Å². The van der Waals surface area contributed by atoms with Crippen molar-refractivity contribution in [2.75, 3.05) is 6.54 Å². The molecular weight excluding hydrogens is 264 g/mol. The van der Waals surface area contributed by atoms with E-state index in [1.54, 1.807) is 11.3 Å². The highest BCUT2D eigenvalue weighted by molar-refractivity contribution is 7.07. The van der Waals surface area contributed by atoms with Crippen LogP contribution in [0.15, 0.2) is 16.8 Å². The summed E-state index contributed by atoms with van der Waals surface area (Å²) >= 11 is 1.64. The molecule has 5 nitrogen and oxygen atoms in total. The van der Waals surface area contributed by atoms with Crippen LogP contribution >= 0.6 is 11.3 Å². The lowest BCUT2D eigenvalue weighted by atomic mass is 10.1. The van der Waals surface area contributed by atoms with E-state index in [1.165, 1.54) is 5.56 Å². The predicted molar refractivity (Wildman–Crippen MR) is 75.5 cm³/mol. The molecule has 0 aliphatic carbocycles. The lowest BCUT2D eigenvalue weighted by molar-refractivity contribution is -0.137. The van der Waals surface area contributed by atoms with Crippen molar-refractivity contribution in [1.82, 2.24) is 10.6 Å². The normalized spacial score (nSPS) is 11.8. The maximum absolute atomic E-state index is 11.5. The summed E-state index contributed by atoms with van der Waals surface area (Å²) in [4.78, 5) is 21.9. The fourth-order valence-electron chi connectivity index (χ4n) is 1.66. The predicted octanol–water partition coefficient (Wildman–Crippen LogP) is 2.23. The van der Waals surface area contributed by atoms with Gasteiger partial charge in [-0.2, -0.15) is 11.3 Å². The first kappa shape index (κ1) is 15.5. The van der Waals surface area contributed by atoms with Crippen LogP contribution in [-0.4, -0.2) is 29.7 Å². The number of carbonyl (C=O) groups is 2. The Hall–Kier alpha value is -1.56. The van der Waals surface area contributed by atoms with E-state index in [0.717, 1.165) is 6.42 Å². The van der Waals surface area contributed by atoms with Crippen molar-refractivity contribution in [3.05, 3.63) is 22.4 Å². The molecule has 106 valence electrons. The van der Waals surface area contributed by atoms with Gasteiger partial charge in [0.15, 0.2) is 0 Å². The minimum Gasteiger partial charge on any atom is -0.481 e. The summed E-state index contributed by atoms with van der Waals surface area (Å²) in [5, 5.41) is 18.2. The van der Waals surface area contributed by atoms with E-state index in [4.69, 9.17) is 5.11 Å². The molecule has 0 bridgehead atoms. The Bertz CT molecular complexity index is 393. The zero-order chi connectivity index (χ0) is 14.1. The largest absolute Gasteiger partial charge is 0.481 e. The van der Waals surface area contributed by atoms with Gasteiger partial charge >= 0.3 is 12.0 Å². The summed E-state index contributed by atoms with van der Waals surface area (Å²) in [6.07, 6.45) is 2.21. The second-order valence-electron chi connectivity index (χ2n) is 4.47. The topological polar surface area (TPSA) is 78.4 Å². The number of rotatable bonds is 8. The Morgan fingerprint density at radius 3 is 2.89 bits per heavy atom. The summed E-state index contributed by atoms with van der Waals surface area (Å²) in [5.41, 5.74) is 1.22. The summed E-state index contributed by atoms with van der Waals surface area (Å²) in [5.74, 6) is -0.799. The molecule has 2 amide bonds. The Balaban J connectivity index is 2.07. The van der Waals surface area contributed by atoms with Gasteiger partial charge in [0.25, 0.3) is 0 Å². The molecule has 0 aliphatic heterocycles. The Morgan fingerprint density at radius 1 is 1.47 bits per heavy atom. The van der Waals surface area contributed by atoms with Crippen molar-refractivity contribution in [1.29, 1.82) is 0 Å². The van der Waals surface area contributed by atoms with Crippen molar-refractivity contribution < 1.29 is 14.7 Å². The summed E-state index contributed by atoms with van der Waals surface area (Å²) < 4.78 is 0. The van der Waals surface area contributed by atoms with Crippen LogP contribution in [0.3, 0.4) is 0 Å². The minimum atomic E-state index is -0.799. The van der Waals surface area contributed by atoms with E-state index in [0.29, 0.717) is 19.4 Å². The molecule has 0 radical (unpaired) electrons. The molecule has 19 heavy (non-hydrogen) atoms. The van der Waals surface area contributed by atoms with Gasteiger partial charge in [0.2, 0.25) is 0 Å². The average molecular weight is 284 g/mol. The van der Waals surface area contributed by atoms with Crippen LogP contribution in [-0.2, 0) is 11.2 Å². The van der Waals surface area contributed by atoms with Crippen LogP contribution in [0.4, 0.5) is 4.79 Å². The van der Waals surface area contributed by atoms with Crippen molar-refractivity contribution in [3.8, 4) is 0 Å². The van der Waals surface area contributed by atoms with Crippen LogP contribution in [0.5, 0.6) is 0 Å². The Morgan fingerprint density at radius 2 is 2.26 bits per heavy atom. The fraction of sp³-hybridized carbons (Fsp3) is 0.538. The summed E-state index contributed by atoms with van der Waals surface area (Å²) in [7, 11) is 0. The molecule has 1 unspecified atom stereocenters. The Labute approximate surface area is 117 Å². The number of thiophene rings is 1. The van der Waals surface area contributed by atoms with Gasteiger partial charge < -0.3 is 15.7 Å². The summed E-state index contributed by atoms with van der Waals surface area (Å²) in [6.45, 7) is 2.48. The first-order valence-electron chi connectivity index (χ1n) is 6.35. The van der Waals surface area contributed by atoms with Crippen LogP contribution in [0.1, 0.15) is 31.7 Å². The number of nitrogens with one attached hydrogen (secondary N) is 2. The monoisotopic (exact) mass is 284 g/mol. The zero-order valence-corrected chi connectivity index (χ0v) is 11.8. The molecule has 1 atom stereocenters. The first-order chi connectivity index (χ1) is 9.08. The molecule has 1 rings (SSSR count). The molecule has 6 heteroatoms. The third-order valence-corrected chi connectivity index (χ3v) is 3.42. The number of carboxylic acids is 1. The quantitative estimate of drug-likeness (QED) is 0.685. The highest BCUT2D eigenvalue weighted by Crippen LogP contribution is 2.05. The lowest BCUT2D eigenvalue weighted by Gasteiger charge is -2.14. The molecule has 0 aliphatic rings. The standard InChI is InChI=1S/C13H20N2O3S/c1-10(3-2-4-12(16)17)15-13(18)14-7-5-11-6-8-19-9-11/h6,8-10H,2-5,7H2,1H3,(H,16,17)(H2,14,15,18). The fourth-order valence-corrected chi connectivity index (χ4v) is 2.36. The molecule has 3 N–H and O–H groups in total. The van der Waals surface area contributed by atoms with E-state index in [2.05, 4.69) is 16.0 Å². The summed E-state index contributed by atoms with van der Waals surface area (Å²) in [6, 6.07) is 1.83. The number of amides is 2. The van der Waals surface area contributed by atoms with Crippen molar-refractivity contribution in [2.45, 2.75) is 38.6 Å². The molecule has 0 saturated carbocycles. The Kier molecular flexibility index (Phi) is 6.95. The smallest absolute Gasteiger partial charge is 0.315 e. The molecule has 1 aromatic rings. The maximum Gasteiger partial charge on any atom is 0.315 e. The van der Waals surface area contributed by atoms with Gasteiger partial charge in [0.05, 0.1) is 0 Å². The number of urea groups is 1. The van der Waals surface area contributed by atoms with Gasteiger partial charge in [0.1, 0.15) is 0 Å². The second-order valence-corrected chi connectivity index (χ2v) is 5.25. The lowest BCUT2D eigenvalue weighted by Crippen LogP contribution is -2.41. The average Bonchev–Trinajstić information content (AvgIpc) is 2.81. The number of aliphatic carboxylic acids is 1. The van der Waals surface area contributed by atoms with E-state index in [-0.39, 0.29) is 18.5 Å². The van der Waals surface area contributed by atoms with Crippen molar-refractivity contribution in [3.63, 3.8) is 0 Å². The molecule has 0 fully saturated rings. The minimum absolute atomic E-state index is 0.0134. The van der Waals surface area contributed by atoms with Gasteiger partial charge in [-0.15, -0.1) is 0 Å². The van der Waals surface area contributed by atoms with Gasteiger partial charge in [-0.1, -0.05) is 0 Å². The van der Waals surface area contributed by atoms with Crippen LogP contribution in [0.2, 0.25) is 0 Å². The molecule has 1 heterocycles. The molecule has 0 aromatic carbocycles. The first-order valence-corrected chi connectivity index (χ1v) is 7.29.